The van der Waals surface area contributed by atoms with Gasteiger partial charge in [-0.15, -0.1) is 0 Å². The van der Waals surface area contributed by atoms with Crippen LogP contribution in [0.5, 0.6) is 0 Å². The molecule has 0 aromatic carbocycles. The molecule has 0 nitrogen and oxygen atoms in total. The van der Waals surface area contributed by atoms with Crippen LogP contribution in [0.25, 0.3) is 0 Å². The fourth-order valence-electron chi connectivity index (χ4n) is 0.597. The Bertz CT molecular complexity index is 41.8. The van der Waals surface area contributed by atoms with Crippen LogP contribution in [0, 0.1) is 0 Å². The summed E-state index contributed by atoms with van der Waals surface area (Å²) in [6.07, 6.45) is 2.77. The Hall–Kier alpha value is 1.30. The summed E-state index contributed by atoms with van der Waals surface area (Å²) in [7, 11) is 0. The molecule has 0 spiro atoms. The molecule has 0 atom stereocenters. The number of hydrogen-bond acceptors (Lipinski definition) is 0. The zero-order chi connectivity index (χ0) is 6.41. The maximum atomic E-state index is 3.78. The van der Waals surface area contributed by atoms with Crippen molar-refractivity contribution in [3.8, 4) is 0 Å². The predicted molar refractivity (Wildman–Crippen MR) is 44.9 cm³/mol. The topological polar surface area (TPSA) is 0 Å². The van der Waals surface area contributed by atoms with Gasteiger partial charge in [0.25, 0.3) is 0 Å². The molecule has 0 radical (unpaired) electrons. The van der Waals surface area contributed by atoms with E-state index in [1.165, 1.54) is 21.6 Å². The molecule has 50 valence electrons. The van der Waals surface area contributed by atoms with Gasteiger partial charge in [0.15, 0.2) is 0 Å². The van der Waals surface area contributed by atoms with Crippen molar-refractivity contribution in [3.05, 3.63) is 0 Å². The van der Waals surface area contributed by atoms with Crippen LogP contribution in [-0.2, 0) is 0 Å². The average Bonchev–Trinajstić information content (AvgIpc) is 1.68. The van der Waals surface area contributed by atoms with Crippen LogP contribution in [0.1, 0.15) is 26.7 Å². The van der Waals surface area contributed by atoms with E-state index in [2.05, 4.69) is 26.4 Å². The first kappa shape index (κ1) is 9.30. The van der Waals surface area contributed by atoms with E-state index in [9.17, 15) is 0 Å². The third kappa shape index (κ3) is 5.44. The molecule has 0 N–H and O–H groups in total. The summed E-state index contributed by atoms with van der Waals surface area (Å²) in [5, 5.41) is 0. The van der Waals surface area contributed by atoms with Crippen LogP contribution in [0.3, 0.4) is 0 Å². The Morgan fingerprint density at radius 1 is 1.12 bits per heavy atom. The molecule has 0 fully saturated rings. The van der Waals surface area contributed by atoms with Crippen molar-refractivity contribution in [2.24, 2.45) is 0 Å². The standard InChI is InChI=1S/2C3H7.BrH.Sb/c2*1-3-2;;/h2*1,3H2,2H3;1H;/q;;;+1/p-1. The Morgan fingerprint density at radius 2 is 1.50 bits per heavy atom. The van der Waals surface area contributed by atoms with Crippen molar-refractivity contribution >= 4 is 30.6 Å². The van der Waals surface area contributed by atoms with E-state index in [1.807, 2.05) is 0 Å². The third-order valence-electron chi connectivity index (χ3n) is 0.932. The van der Waals surface area contributed by atoms with Crippen LogP contribution in [0.2, 0.25) is 8.73 Å². The van der Waals surface area contributed by atoms with Gasteiger partial charge < -0.3 is 0 Å². The van der Waals surface area contributed by atoms with E-state index in [0.717, 1.165) is 0 Å². The molecule has 2 heteroatoms. The summed E-state index contributed by atoms with van der Waals surface area (Å²) >= 11 is 3.02. The van der Waals surface area contributed by atoms with Crippen molar-refractivity contribution in [1.82, 2.24) is 0 Å². The monoisotopic (exact) mass is 286 g/mol. The Labute approximate surface area is 65.7 Å². The summed E-state index contributed by atoms with van der Waals surface area (Å²) < 4.78 is 3.02. The summed E-state index contributed by atoms with van der Waals surface area (Å²) in [4.78, 5) is 0. The van der Waals surface area contributed by atoms with Crippen molar-refractivity contribution < 1.29 is 0 Å². The molecule has 0 aromatic rings. The second-order valence-corrected chi connectivity index (χ2v) is 13.8. The Balaban J connectivity index is 2.92. The quantitative estimate of drug-likeness (QED) is 0.697. The van der Waals surface area contributed by atoms with Crippen LogP contribution in [0.15, 0.2) is 0 Å². The van der Waals surface area contributed by atoms with Gasteiger partial charge in [-0.2, -0.15) is 0 Å². The zero-order valence-electron chi connectivity index (χ0n) is 5.65. The first-order valence-electron chi connectivity index (χ1n) is 3.22. The van der Waals surface area contributed by atoms with Gasteiger partial charge >= 0.3 is 66.0 Å². The Morgan fingerprint density at radius 3 is 1.75 bits per heavy atom. The maximum absolute atomic E-state index is 3.78. The van der Waals surface area contributed by atoms with E-state index in [-0.39, 0.29) is 0 Å². The second-order valence-electron chi connectivity index (χ2n) is 1.91. The van der Waals surface area contributed by atoms with Gasteiger partial charge in [0.1, 0.15) is 0 Å². The van der Waals surface area contributed by atoms with Crippen molar-refractivity contribution in [1.29, 1.82) is 0 Å². The van der Waals surface area contributed by atoms with Crippen LogP contribution >= 0.6 is 12.6 Å². The first-order chi connectivity index (χ1) is 3.81. The number of halogens is 1. The molecular weight excluding hydrogens is 274 g/mol. The predicted octanol–water partition coefficient (Wildman–Crippen LogP) is 3.19. The number of hydrogen-bond donors (Lipinski definition) is 0. The molecule has 0 heterocycles. The summed E-state index contributed by atoms with van der Waals surface area (Å²) in [6.45, 7) is 4.54. The molecule has 0 amide bonds. The molecule has 0 aliphatic heterocycles. The SMILES string of the molecule is CC[CH2][Sb]([Br])[CH2]CC. The van der Waals surface area contributed by atoms with Crippen molar-refractivity contribution in [3.63, 3.8) is 0 Å². The van der Waals surface area contributed by atoms with Gasteiger partial charge in [-0.25, -0.2) is 0 Å². The molecule has 0 unspecified atom stereocenters. The van der Waals surface area contributed by atoms with E-state index < -0.39 is 18.0 Å². The fraction of sp³-hybridized carbons (Fsp3) is 1.00. The van der Waals surface area contributed by atoms with Gasteiger partial charge in [0.05, 0.1) is 0 Å². The van der Waals surface area contributed by atoms with Gasteiger partial charge in [0.2, 0.25) is 0 Å². The summed E-state index contributed by atoms with van der Waals surface area (Å²) in [6, 6.07) is 0. The molecule has 0 aromatic heterocycles. The van der Waals surface area contributed by atoms with E-state index in [0.29, 0.717) is 0 Å². The van der Waals surface area contributed by atoms with Gasteiger partial charge in [-0.3, -0.25) is 0 Å². The van der Waals surface area contributed by atoms with Crippen LogP contribution < -0.4 is 0 Å². The molecule has 0 bridgehead atoms. The third-order valence-corrected chi connectivity index (χ3v) is 11.0. The molecule has 0 aliphatic rings. The van der Waals surface area contributed by atoms with E-state index in [1.54, 1.807) is 0 Å². The van der Waals surface area contributed by atoms with Crippen molar-refractivity contribution in [2.45, 2.75) is 35.4 Å². The Kier molecular flexibility index (Phi) is 7.46. The summed E-state index contributed by atoms with van der Waals surface area (Å²) in [5.74, 6) is 0. The first-order valence-corrected chi connectivity index (χ1v) is 12.5. The zero-order valence-corrected chi connectivity index (χ0v) is 9.79. The molecule has 0 saturated carbocycles. The van der Waals surface area contributed by atoms with Crippen LogP contribution in [0.4, 0.5) is 0 Å². The van der Waals surface area contributed by atoms with Gasteiger partial charge in [-0.05, 0) is 0 Å². The molecule has 8 heavy (non-hydrogen) atoms. The van der Waals surface area contributed by atoms with Crippen molar-refractivity contribution in [2.75, 3.05) is 0 Å². The molecule has 0 rings (SSSR count). The molecular formula is C6H14BrSb. The van der Waals surface area contributed by atoms with Crippen LogP contribution in [-0.4, -0.2) is 18.0 Å². The van der Waals surface area contributed by atoms with Gasteiger partial charge in [-0.1, -0.05) is 0 Å². The van der Waals surface area contributed by atoms with E-state index in [4.69, 9.17) is 0 Å². The average molecular weight is 288 g/mol. The molecule has 0 aliphatic carbocycles. The minimum atomic E-state index is -0.763. The van der Waals surface area contributed by atoms with Gasteiger partial charge in [0, 0.05) is 0 Å². The second kappa shape index (κ2) is 6.42. The molecule has 0 saturated heterocycles. The fourth-order valence-corrected chi connectivity index (χ4v) is 8.76. The summed E-state index contributed by atoms with van der Waals surface area (Å²) in [5.41, 5.74) is 0. The van der Waals surface area contributed by atoms with E-state index >= 15 is 0 Å². The normalized spacial score (nSPS) is 10.5. The minimum absolute atomic E-state index is 0.763. The number of rotatable bonds is 4.